The number of aliphatic carboxylic acids is 1. The van der Waals surface area contributed by atoms with Crippen LogP contribution in [0.15, 0.2) is 24.3 Å². The average Bonchev–Trinajstić information content (AvgIpc) is 2.42. The minimum atomic E-state index is -0.820. The van der Waals surface area contributed by atoms with Crippen molar-refractivity contribution < 1.29 is 14.7 Å². The highest BCUT2D eigenvalue weighted by atomic mass is 16.4. The molecule has 0 aliphatic rings. The lowest BCUT2D eigenvalue weighted by atomic mass is 10.0. The van der Waals surface area contributed by atoms with Gasteiger partial charge in [0.25, 0.3) is 0 Å². The third-order valence-electron chi connectivity index (χ3n) is 3.19. The molecule has 0 bridgehead atoms. The van der Waals surface area contributed by atoms with Gasteiger partial charge in [-0.05, 0) is 24.8 Å². The van der Waals surface area contributed by atoms with Crippen molar-refractivity contribution in [2.75, 3.05) is 6.54 Å². The largest absolute Gasteiger partial charge is 0.481 e. The van der Waals surface area contributed by atoms with Crippen LogP contribution in [0.25, 0.3) is 0 Å². The molecule has 1 aromatic rings. The standard InChI is InChI=1S/C15H22N2O3/c1-10-3-6-12(7-4-10)14(16)15(20)17-9-11(2)5-8-13(18)19/h3-4,6-7,11,14H,5,8-9,16H2,1-2H3,(H,17,20)(H,18,19). The monoisotopic (exact) mass is 278 g/mol. The third kappa shape index (κ3) is 5.40. The van der Waals surface area contributed by atoms with Gasteiger partial charge in [-0.2, -0.15) is 0 Å². The van der Waals surface area contributed by atoms with Crippen molar-refractivity contribution in [3.05, 3.63) is 35.4 Å². The summed E-state index contributed by atoms with van der Waals surface area (Å²) in [4.78, 5) is 22.4. The van der Waals surface area contributed by atoms with Gasteiger partial charge in [0.15, 0.2) is 0 Å². The number of carboxylic acids is 1. The van der Waals surface area contributed by atoms with Gasteiger partial charge in [0.1, 0.15) is 6.04 Å². The van der Waals surface area contributed by atoms with E-state index in [1.807, 2.05) is 38.1 Å². The van der Waals surface area contributed by atoms with E-state index >= 15 is 0 Å². The number of hydrogen-bond donors (Lipinski definition) is 3. The molecule has 20 heavy (non-hydrogen) atoms. The fourth-order valence-corrected chi connectivity index (χ4v) is 1.78. The van der Waals surface area contributed by atoms with Crippen LogP contribution in [0.2, 0.25) is 0 Å². The Bertz CT molecular complexity index is 457. The van der Waals surface area contributed by atoms with Crippen LogP contribution < -0.4 is 11.1 Å². The van der Waals surface area contributed by atoms with E-state index in [2.05, 4.69) is 5.32 Å². The SMILES string of the molecule is Cc1ccc(C(N)C(=O)NCC(C)CCC(=O)O)cc1. The predicted molar refractivity (Wildman–Crippen MR) is 77.2 cm³/mol. The molecular weight excluding hydrogens is 256 g/mol. The number of rotatable bonds is 7. The van der Waals surface area contributed by atoms with Gasteiger partial charge in [-0.1, -0.05) is 36.8 Å². The van der Waals surface area contributed by atoms with E-state index < -0.39 is 12.0 Å². The molecule has 1 amide bonds. The molecule has 0 radical (unpaired) electrons. The predicted octanol–water partition coefficient (Wildman–Crippen LogP) is 1.61. The Kier molecular flexibility index (Phi) is 6.18. The van der Waals surface area contributed by atoms with Crippen LogP contribution in [-0.4, -0.2) is 23.5 Å². The Morgan fingerprint density at radius 2 is 1.90 bits per heavy atom. The van der Waals surface area contributed by atoms with Gasteiger partial charge in [-0.3, -0.25) is 9.59 Å². The molecule has 0 aliphatic heterocycles. The first-order chi connectivity index (χ1) is 9.40. The van der Waals surface area contributed by atoms with Crippen molar-refractivity contribution in [2.45, 2.75) is 32.7 Å². The summed E-state index contributed by atoms with van der Waals surface area (Å²) >= 11 is 0. The fourth-order valence-electron chi connectivity index (χ4n) is 1.78. The van der Waals surface area contributed by atoms with Crippen LogP contribution in [0.3, 0.4) is 0 Å². The number of carbonyl (C=O) groups is 2. The van der Waals surface area contributed by atoms with Gasteiger partial charge in [0, 0.05) is 13.0 Å². The normalized spacial score (nSPS) is 13.6. The highest BCUT2D eigenvalue weighted by molar-refractivity contribution is 5.82. The van der Waals surface area contributed by atoms with Crippen LogP contribution in [0.1, 0.15) is 36.9 Å². The molecule has 0 saturated carbocycles. The van der Waals surface area contributed by atoms with Crippen molar-refractivity contribution in [3.63, 3.8) is 0 Å². The molecule has 0 fully saturated rings. The van der Waals surface area contributed by atoms with E-state index in [0.29, 0.717) is 13.0 Å². The van der Waals surface area contributed by atoms with Gasteiger partial charge in [-0.15, -0.1) is 0 Å². The first kappa shape index (κ1) is 16.2. The summed E-state index contributed by atoms with van der Waals surface area (Å²) in [5.74, 6) is -0.948. The summed E-state index contributed by atoms with van der Waals surface area (Å²) in [6, 6.07) is 6.82. The maximum absolute atomic E-state index is 11.9. The number of nitrogens with one attached hydrogen (secondary N) is 1. The summed E-state index contributed by atoms with van der Waals surface area (Å²) in [7, 11) is 0. The molecule has 5 nitrogen and oxygen atoms in total. The van der Waals surface area contributed by atoms with E-state index in [1.165, 1.54) is 0 Å². The molecule has 4 N–H and O–H groups in total. The second-order valence-corrected chi connectivity index (χ2v) is 5.17. The average molecular weight is 278 g/mol. The number of carboxylic acid groups (broad SMARTS) is 1. The van der Waals surface area contributed by atoms with Crippen molar-refractivity contribution in [3.8, 4) is 0 Å². The van der Waals surface area contributed by atoms with Crippen LogP contribution in [0, 0.1) is 12.8 Å². The molecule has 0 saturated heterocycles. The Hall–Kier alpha value is -1.88. The fraction of sp³-hybridized carbons (Fsp3) is 0.467. The van der Waals surface area contributed by atoms with Crippen molar-refractivity contribution in [1.29, 1.82) is 0 Å². The molecular formula is C15H22N2O3. The molecule has 1 aromatic carbocycles. The second kappa shape index (κ2) is 7.65. The summed E-state index contributed by atoms with van der Waals surface area (Å²) in [5.41, 5.74) is 7.78. The lowest BCUT2D eigenvalue weighted by molar-refractivity contribution is -0.137. The highest BCUT2D eigenvalue weighted by Crippen LogP contribution is 2.12. The number of aryl methyl sites for hydroxylation is 1. The van der Waals surface area contributed by atoms with Crippen molar-refractivity contribution in [1.82, 2.24) is 5.32 Å². The van der Waals surface area contributed by atoms with Gasteiger partial charge in [0.2, 0.25) is 5.91 Å². The van der Waals surface area contributed by atoms with E-state index in [-0.39, 0.29) is 18.2 Å². The molecule has 2 unspecified atom stereocenters. The Balaban J connectivity index is 2.42. The molecule has 1 rings (SSSR count). The van der Waals surface area contributed by atoms with Crippen LogP contribution in [0.4, 0.5) is 0 Å². The summed E-state index contributed by atoms with van der Waals surface area (Å²) < 4.78 is 0. The van der Waals surface area contributed by atoms with Crippen LogP contribution in [0.5, 0.6) is 0 Å². The number of carbonyl (C=O) groups excluding carboxylic acids is 1. The summed E-state index contributed by atoms with van der Waals surface area (Å²) in [6.45, 7) is 4.31. The van der Waals surface area contributed by atoms with E-state index in [0.717, 1.165) is 11.1 Å². The minimum Gasteiger partial charge on any atom is -0.481 e. The van der Waals surface area contributed by atoms with Crippen molar-refractivity contribution in [2.24, 2.45) is 11.7 Å². The molecule has 0 spiro atoms. The first-order valence-electron chi connectivity index (χ1n) is 6.71. The molecule has 2 atom stereocenters. The first-order valence-corrected chi connectivity index (χ1v) is 6.71. The van der Waals surface area contributed by atoms with Crippen molar-refractivity contribution >= 4 is 11.9 Å². The lowest BCUT2D eigenvalue weighted by Crippen LogP contribution is -2.36. The second-order valence-electron chi connectivity index (χ2n) is 5.17. The zero-order chi connectivity index (χ0) is 15.1. The molecule has 0 heterocycles. The molecule has 110 valence electrons. The smallest absolute Gasteiger partial charge is 0.303 e. The Labute approximate surface area is 119 Å². The lowest BCUT2D eigenvalue weighted by Gasteiger charge is -2.15. The van der Waals surface area contributed by atoms with E-state index in [4.69, 9.17) is 10.8 Å². The minimum absolute atomic E-state index is 0.111. The summed E-state index contributed by atoms with van der Waals surface area (Å²) in [6.07, 6.45) is 0.649. The Morgan fingerprint density at radius 1 is 1.30 bits per heavy atom. The Morgan fingerprint density at radius 3 is 2.45 bits per heavy atom. The maximum atomic E-state index is 11.9. The highest BCUT2D eigenvalue weighted by Gasteiger charge is 2.16. The molecule has 0 aliphatic carbocycles. The molecule has 0 aromatic heterocycles. The van der Waals surface area contributed by atoms with Crippen LogP contribution >= 0.6 is 0 Å². The van der Waals surface area contributed by atoms with Gasteiger partial charge < -0.3 is 16.2 Å². The number of amides is 1. The zero-order valence-corrected chi connectivity index (χ0v) is 11.9. The third-order valence-corrected chi connectivity index (χ3v) is 3.19. The van der Waals surface area contributed by atoms with Gasteiger partial charge >= 0.3 is 5.97 Å². The number of benzene rings is 1. The quantitative estimate of drug-likeness (QED) is 0.706. The van der Waals surface area contributed by atoms with E-state index in [1.54, 1.807) is 0 Å². The number of hydrogen-bond acceptors (Lipinski definition) is 3. The number of nitrogens with two attached hydrogens (primary N) is 1. The molecule has 5 heteroatoms. The van der Waals surface area contributed by atoms with Gasteiger partial charge in [0.05, 0.1) is 0 Å². The van der Waals surface area contributed by atoms with Crippen LogP contribution in [-0.2, 0) is 9.59 Å². The maximum Gasteiger partial charge on any atom is 0.303 e. The van der Waals surface area contributed by atoms with E-state index in [9.17, 15) is 9.59 Å². The summed E-state index contributed by atoms with van der Waals surface area (Å²) in [5, 5.41) is 11.4. The topological polar surface area (TPSA) is 92.4 Å². The van der Waals surface area contributed by atoms with Gasteiger partial charge in [-0.25, -0.2) is 0 Å². The zero-order valence-electron chi connectivity index (χ0n) is 11.9.